The lowest BCUT2D eigenvalue weighted by Gasteiger charge is -2.06. The third-order valence-electron chi connectivity index (χ3n) is 3.63. The molecule has 0 saturated carbocycles. The minimum absolute atomic E-state index is 0.230. The number of benzene rings is 2. The van der Waals surface area contributed by atoms with Gasteiger partial charge in [0.1, 0.15) is 6.61 Å². The van der Waals surface area contributed by atoms with Gasteiger partial charge >= 0.3 is 12.1 Å². The van der Waals surface area contributed by atoms with Gasteiger partial charge in [0.2, 0.25) is 0 Å². The van der Waals surface area contributed by atoms with Crippen LogP contribution in [-0.2, 0) is 11.3 Å². The summed E-state index contributed by atoms with van der Waals surface area (Å²) in [7, 11) is 0. The van der Waals surface area contributed by atoms with Crippen molar-refractivity contribution in [2.45, 2.75) is 20.0 Å². The number of aryl methyl sites for hydroxylation is 1. The summed E-state index contributed by atoms with van der Waals surface area (Å²) in [5.74, 6) is -0.953. The highest BCUT2D eigenvalue weighted by molar-refractivity contribution is 5.92. The van der Waals surface area contributed by atoms with E-state index >= 15 is 0 Å². The minimum Gasteiger partial charge on any atom is -0.478 e. The van der Waals surface area contributed by atoms with E-state index in [0.717, 1.165) is 11.1 Å². The van der Waals surface area contributed by atoms with Crippen LogP contribution < -0.4 is 5.32 Å². The van der Waals surface area contributed by atoms with E-state index in [1.165, 1.54) is 0 Å². The third kappa shape index (κ3) is 5.80. The largest absolute Gasteiger partial charge is 0.478 e. The molecule has 5 heteroatoms. The van der Waals surface area contributed by atoms with Crippen molar-refractivity contribution in [3.8, 4) is 0 Å². The lowest BCUT2D eigenvalue weighted by atomic mass is 10.0. The van der Waals surface area contributed by atoms with Crippen LogP contribution in [0.3, 0.4) is 0 Å². The Bertz CT molecular complexity index is 754. The highest BCUT2D eigenvalue weighted by Gasteiger charge is 2.09. The summed E-state index contributed by atoms with van der Waals surface area (Å²) in [6.07, 6.45) is 3.72. The van der Waals surface area contributed by atoms with E-state index in [2.05, 4.69) is 5.32 Å². The molecule has 1 amide bonds. The molecule has 0 atom stereocenters. The molecule has 0 aliphatic rings. The number of aromatic carboxylic acids is 1. The lowest BCUT2D eigenvalue weighted by molar-refractivity contribution is 0.0696. The fourth-order valence-electron chi connectivity index (χ4n) is 2.32. The Morgan fingerprint density at radius 1 is 1.12 bits per heavy atom. The van der Waals surface area contributed by atoms with Gasteiger partial charge in [-0.15, -0.1) is 0 Å². The number of ether oxygens (including phenoxy) is 1. The van der Waals surface area contributed by atoms with Crippen molar-refractivity contribution in [3.63, 3.8) is 0 Å². The van der Waals surface area contributed by atoms with Crippen molar-refractivity contribution < 1.29 is 19.4 Å². The molecule has 0 bridgehead atoms. The molecule has 2 aromatic carbocycles. The molecule has 0 aliphatic heterocycles. The van der Waals surface area contributed by atoms with Crippen LogP contribution in [0.5, 0.6) is 0 Å². The summed E-state index contributed by atoms with van der Waals surface area (Å²) in [5.41, 5.74) is 2.78. The molecule has 0 spiro atoms. The zero-order valence-electron chi connectivity index (χ0n) is 14.1. The zero-order valence-corrected chi connectivity index (χ0v) is 14.1. The number of carboxylic acid groups (broad SMARTS) is 1. The fraction of sp³-hybridized carbons (Fsp3) is 0.200. The SMILES string of the molecule is Cc1cccc(C(=O)O)c1C=CCCNC(=O)OCc1ccccc1. The molecule has 0 aliphatic carbocycles. The molecular weight excluding hydrogens is 318 g/mol. The zero-order chi connectivity index (χ0) is 18.1. The lowest BCUT2D eigenvalue weighted by Crippen LogP contribution is -2.24. The number of carbonyl (C=O) groups is 2. The number of hydrogen-bond acceptors (Lipinski definition) is 3. The predicted octanol–water partition coefficient (Wildman–Crippen LogP) is 4.02. The van der Waals surface area contributed by atoms with Crippen LogP contribution in [0.4, 0.5) is 4.79 Å². The molecule has 25 heavy (non-hydrogen) atoms. The fourth-order valence-corrected chi connectivity index (χ4v) is 2.32. The van der Waals surface area contributed by atoms with E-state index in [1.807, 2.05) is 49.4 Å². The van der Waals surface area contributed by atoms with E-state index < -0.39 is 12.1 Å². The van der Waals surface area contributed by atoms with Crippen molar-refractivity contribution in [2.24, 2.45) is 0 Å². The highest BCUT2D eigenvalue weighted by Crippen LogP contribution is 2.16. The van der Waals surface area contributed by atoms with Crippen molar-refractivity contribution >= 4 is 18.1 Å². The van der Waals surface area contributed by atoms with Gasteiger partial charge in [-0.3, -0.25) is 0 Å². The Hall–Kier alpha value is -3.08. The smallest absolute Gasteiger partial charge is 0.407 e. The normalized spacial score (nSPS) is 10.6. The second-order valence-corrected chi connectivity index (χ2v) is 5.52. The van der Waals surface area contributed by atoms with Crippen LogP contribution in [0.1, 0.15) is 33.5 Å². The van der Waals surface area contributed by atoms with Crippen LogP contribution in [0.2, 0.25) is 0 Å². The molecule has 2 N–H and O–H groups in total. The Morgan fingerprint density at radius 2 is 1.88 bits per heavy atom. The second kappa shape index (κ2) is 9.27. The van der Waals surface area contributed by atoms with Crippen LogP contribution in [0, 0.1) is 6.92 Å². The molecule has 0 aromatic heterocycles. The molecule has 0 unspecified atom stereocenters. The second-order valence-electron chi connectivity index (χ2n) is 5.52. The van der Waals surface area contributed by atoms with Crippen molar-refractivity contribution in [1.82, 2.24) is 5.32 Å². The quantitative estimate of drug-likeness (QED) is 0.747. The maximum Gasteiger partial charge on any atom is 0.407 e. The summed E-state index contributed by atoms with van der Waals surface area (Å²) >= 11 is 0. The van der Waals surface area contributed by atoms with Gasteiger partial charge in [-0.2, -0.15) is 0 Å². The molecular formula is C20H21NO4. The summed E-state index contributed by atoms with van der Waals surface area (Å²) in [6.45, 7) is 2.51. The molecule has 2 rings (SSSR count). The summed E-state index contributed by atoms with van der Waals surface area (Å²) < 4.78 is 5.11. The Morgan fingerprint density at radius 3 is 2.60 bits per heavy atom. The number of alkyl carbamates (subject to hydrolysis) is 1. The van der Waals surface area contributed by atoms with E-state index in [9.17, 15) is 14.7 Å². The van der Waals surface area contributed by atoms with Crippen molar-refractivity contribution in [3.05, 3.63) is 76.9 Å². The van der Waals surface area contributed by atoms with Gasteiger partial charge < -0.3 is 15.2 Å². The first-order chi connectivity index (χ1) is 12.1. The number of carbonyl (C=O) groups excluding carboxylic acids is 1. The maximum atomic E-state index is 11.6. The van der Waals surface area contributed by atoms with Crippen molar-refractivity contribution in [1.29, 1.82) is 0 Å². The highest BCUT2D eigenvalue weighted by atomic mass is 16.5. The molecule has 130 valence electrons. The standard InChI is InChI=1S/C20H21NO4/c1-15-8-7-12-18(19(22)23)17(15)11-5-6-13-21-20(24)25-14-16-9-3-2-4-10-16/h2-5,7-12H,6,13-14H2,1H3,(H,21,24)(H,22,23). The molecule has 0 saturated heterocycles. The number of hydrogen-bond donors (Lipinski definition) is 2. The van der Waals surface area contributed by atoms with Gasteiger partial charge in [-0.1, -0.05) is 54.6 Å². The first kappa shape index (κ1) is 18.3. The van der Waals surface area contributed by atoms with E-state index in [4.69, 9.17) is 4.74 Å². The first-order valence-electron chi connectivity index (χ1n) is 8.02. The predicted molar refractivity (Wildman–Crippen MR) is 96.4 cm³/mol. The minimum atomic E-state index is -0.953. The van der Waals surface area contributed by atoms with Gasteiger partial charge in [0.05, 0.1) is 5.56 Å². The first-order valence-corrected chi connectivity index (χ1v) is 8.02. The number of nitrogens with one attached hydrogen (secondary N) is 1. The van der Waals surface area contributed by atoms with E-state index in [1.54, 1.807) is 18.2 Å². The molecule has 5 nitrogen and oxygen atoms in total. The van der Waals surface area contributed by atoms with E-state index in [-0.39, 0.29) is 12.2 Å². The van der Waals surface area contributed by atoms with Crippen LogP contribution in [-0.4, -0.2) is 23.7 Å². The maximum absolute atomic E-state index is 11.6. The van der Waals surface area contributed by atoms with Gasteiger partial charge in [-0.25, -0.2) is 9.59 Å². The van der Waals surface area contributed by atoms with Gasteiger partial charge in [0.15, 0.2) is 0 Å². The average Bonchev–Trinajstić information content (AvgIpc) is 2.61. The molecule has 0 fully saturated rings. The van der Waals surface area contributed by atoms with E-state index in [0.29, 0.717) is 18.5 Å². The van der Waals surface area contributed by atoms with Crippen molar-refractivity contribution in [2.75, 3.05) is 6.54 Å². The Kier molecular flexibility index (Phi) is 6.77. The Labute approximate surface area is 146 Å². The van der Waals surface area contributed by atoms with Gasteiger partial charge in [0, 0.05) is 6.54 Å². The molecule has 0 heterocycles. The third-order valence-corrected chi connectivity index (χ3v) is 3.63. The topological polar surface area (TPSA) is 75.6 Å². The summed E-state index contributed by atoms with van der Waals surface area (Å²) in [6, 6.07) is 14.6. The van der Waals surface area contributed by atoms with Gasteiger partial charge in [0.25, 0.3) is 0 Å². The van der Waals surface area contributed by atoms with Crippen LogP contribution in [0.25, 0.3) is 6.08 Å². The summed E-state index contributed by atoms with van der Waals surface area (Å²) in [4.78, 5) is 22.8. The monoisotopic (exact) mass is 339 g/mol. The Balaban J connectivity index is 1.77. The number of carboxylic acids is 1. The average molecular weight is 339 g/mol. The number of rotatable bonds is 7. The van der Waals surface area contributed by atoms with Crippen LogP contribution >= 0.6 is 0 Å². The number of amides is 1. The summed E-state index contributed by atoms with van der Waals surface area (Å²) in [5, 5.41) is 11.9. The van der Waals surface area contributed by atoms with Gasteiger partial charge in [-0.05, 0) is 36.1 Å². The van der Waals surface area contributed by atoms with Crippen LogP contribution in [0.15, 0.2) is 54.6 Å². The molecule has 2 aromatic rings. The molecule has 0 radical (unpaired) electrons.